The molecule has 21 heavy (non-hydrogen) atoms. The van der Waals surface area contributed by atoms with Gasteiger partial charge in [0.05, 0.1) is 11.9 Å². The van der Waals surface area contributed by atoms with Crippen LogP contribution in [0, 0.1) is 0 Å². The standard InChI is InChI=1S/C16H28N2O2S/c1-3-4-5-6-7-8-9-10-13-17-15-11-12-16(18-14-15)21(2,19)20/h11-12,14,17H,3-10,13H2,1-2H3. The van der Waals surface area contributed by atoms with Crippen molar-refractivity contribution in [2.45, 2.75) is 63.3 Å². The van der Waals surface area contributed by atoms with E-state index in [2.05, 4.69) is 17.2 Å². The molecule has 0 aliphatic carbocycles. The first-order chi connectivity index (χ1) is 10.0. The molecule has 0 unspecified atom stereocenters. The fraction of sp³-hybridized carbons (Fsp3) is 0.688. The van der Waals surface area contributed by atoms with Gasteiger partial charge in [0.2, 0.25) is 0 Å². The first-order valence-electron chi connectivity index (χ1n) is 7.94. The lowest BCUT2D eigenvalue weighted by Crippen LogP contribution is -2.04. The molecule has 0 fully saturated rings. The predicted molar refractivity (Wildman–Crippen MR) is 88.4 cm³/mol. The van der Waals surface area contributed by atoms with Gasteiger partial charge < -0.3 is 5.32 Å². The molecule has 0 atom stereocenters. The van der Waals surface area contributed by atoms with Crippen LogP contribution >= 0.6 is 0 Å². The van der Waals surface area contributed by atoms with Crippen molar-refractivity contribution in [3.63, 3.8) is 0 Å². The van der Waals surface area contributed by atoms with E-state index >= 15 is 0 Å². The van der Waals surface area contributed by atoms with Crippen LogP contribution in [0.15, 0.2) is 23.4 Å². The van der Waals surface area contributed by atoms with Crippen LogP contribution < -0.4 is 5.32 Å². The van der Waals surface area contributed by atoms with Crippen LogP contribution in [0.3, 0.4) is 0 Å². The summed E-state index contributed by atoms with van der Waals surface area (Å²) in [5.74, 6) is 0. The van der Waals surface area contributed by atoms with E-state index in [0.29, 0.717) is 0 Å². The van der Waals surface area contributed by atoms with Crippen molar-refractivity contribution in [1.29, 1.82) is 0 Å². The fourth-order valence-electron chi connectivity index (χ4n) is 2.20. The molecule has 0 aromatic carbocycles. The van der Waals surface area contributed by atoms with Gasteiger partial charge >= 0.3 is 0 Å². The van der Waals surface area contributed by atoms with Gasteiger partial charge in [0.25, 0.3) is 0 Å². The topological polar surface area (TPSA) is 59.1 Å². The molecule has 1 aromatic rings. The summed E-state index contributed by atoms with van der Waals surface area (Å²) in [5.41, 5.74) is 0.880. The van der Waals surface area contributed by atoms with E-state index in [1.807, 2.05) is 0 Å². The molecule has 0 aliphatic rings. The second-order valence-corrected chi connectivity index (χ2v) is 7.52. The van der Waals surface area contributed by atoms with E-state index in [4.69, 9.17) is 0 Å². The Labute approximate surface area is 129 Å². The number of anilines is 1. The van der Waals surface area contributed by atoms with Crippen LogP contribution in [-0.2, 0) is 9.84 Å². The minimum absolute atomic E-state index is 0.125. The molecule has 4 nitrogen and oxygen atoms in total. The number of sulfone groups is 1. The van der Waals surface area contributed by atoms with E-state index in [-0.39, 0.29) is 5.03 Å². The molecular formula is C16H28N2O2S. The van der Waals surface area contributed by atoms with Crippen LogP contribution in [0.1, 0.15) is 58.3 Å². The average Bonchev–Trinajstić information content (AvgIpc) is 2.45. The van der Waals surface area contributed by atoms with E-state index in [9.17, 15) is 8.42 Å². The number of hydrogen-bond acceptors (Lipinski definition) is 4. The first-order valence-corrected chi connectivity index (χ1v) is 9.83. The van der Waals surface area contributed by atoms with Gasteiger partial charge in [-0.25, -0.2) is 13.4 Å². The van der Waals surface area contributed by atoms with Gasteiger partial charge in [-0.15, -0.1) is 0 Å². The second-order valence-electron chi connectivity index (χ2n) is 5.56. The van der Waals surface area contributed by atoms with E-state index in [1.54, 1.807) is 18.3 Å². The molecule has 0 radical (unpaired) electrons. The molecular weight excluding hydrogens is 284 g/mol. The number of pyridine rings is 1. The maximum absolute atomic E-state index is 11.3. The molecule has 0 saturated carbocycles. The van der Waals surface area contributed by atoms with Crippen molar-refractivity contribution >= 4 is 15.5 Å². The largest absolute Gasteiger partial charge is 0.384 e. The lowest BCUT2D eigenvalue weighted by Gasteiger charge is -2.06. The second kappa shape index (κ2) is 9.77. The monoisotopic (exact) mass is 312 g/mol. The Morgan fingerprint density at radius 1 is 1.00 bits per heavy atom. The lowest BCUT2D eigenvalue weighted by molar-refractivity contribution is 0.581. The summed E-state index contributed by atoms with van der Waals surface area (Å²) < 4.78 is 22.6. The van der Waals surface area contributed by atoms with Crippen molar-refractivity contribution in [1.82, 2.24) is 4.98 Å². The molecule has 5 heteroatoms. The summed E-state index contributed by atoms with van der Waals surface area (Å²) in [7, 11) is -3.20. The summed E-state index contributed by atoms with van der Waals surface area (Å²) in [6.45, 7) is 3.15. The maximum atomic E-state index is 11.3. The third-order valence-corrected chi connectivity index (χ3v) is 4.48. The Balaban J connectivity index is 2.10. The number of nitrogens with zero attached hydrogens (tertiary/aromatic N) is 1. The van der Waals surface area contributed by atoms with Crippen LogP contribution in [0.2, 0.25) is 0 Å². The number of hydrogen-bond donors (Lipinski definition) is 1. The van der Waals surface area contributed by atoms with Gasteiger partial charge in [0, 0.05) is 12.8 Å². The van der Waals surface area contributed by atoms with Gasteiger partial charge in [-0.3, -0.25) is 0 Å². The highest BCUT2D eigenvalue weighted by Gasteiger charge is 2.07. The highest BCUT2D eigenvalue weighted by molar-refractivity contribution is 7.90. The zero-order valence-electron chi connectivity index (χ0n) is 13.3. The number of unbranched alkanes of at least 4 members (excludes halogenated alkanes) is 7. The van der Waals surface area contributed by atoms with Gasteiger partial charge in [0.15, 0.2) is 14.9 Å². The molecule has 1 heterocycles. The van der Waals surface area contributed by atoms with Gasteiger partial charge in [-0.2, -0.15) is 0 Å². The normalized spacial score (nSPS) is 11.5. The number of rotatable bonds is 11. The van der Waals surface area contributed by atoms with Crippen molar-refractivity contribution in [3.05, 3.63) is 18.3 Å². The van der Waals surface area contributed by atoms with Crippen molar-refractivity contribution in [3.8, 4) is 0 Å². The van der Waals surface area contributed by atoms with Crippen molar-refractivity contribution < 1.29 is 8.42 Å². The van der Waals surface area contributed by atoms with E-state index in [0.717, 1.165) is 18.7 Å². The Morgan fingerprint density at radius 3 is 2.14 bits per heavy atom. The molecule has 1 rings (SSSR count). The van der Waals surface area contributed by atoms with Crippen molar-refractivity contribution in [2.24, 2.45) is 0 Å². The highest BCUT2D eigenvalue weighted by Crippen LogP contribution is 2.11. The number of aromatic nitrogens is 1. The Bertz CT molecular complexity index is 484. The molecule has 1 N–H and O–H groups in total. The molecule has 0 saturated heterocycles. The Kier molecular flexibility index (Phi) is 8.35. The smallest absolute Gasteiger partial charge is 0.192 e. The molecule has 0 amide bonds. The van der Waals surface area contributed by atoms with E-state index < -0.39 is 9.84 Å². The van der Waals surface area contributed by atoms with Gasteiger partial charge in [-0.1, -0.05) is 51.9 Å². The summed E-state index contributed by atoms with van der Waals surface area (Å²) in [6, 6.07) is 3.32. The third kappa shape index (κ3) is 8.05. The quantitative estimate of drug-likeness (QED) is 0.627. The third-order valence-electron chi connectivity index (χ3n) is 3.48. The summed E-state index contributed by atoms with van der Waals surface area (Å²) in [6.07, 6.45) is 13.2. The maximum Gasteiger partial charge on any atom is 0.192 e. The minimum Gasteiger partial charge on any atom is -0.384 e. The first kappa shape index (κ1) is 18.0. The molecule has 0 bridgehead atoms. The predicted octanol–water partition coefficient (Wildman–Crippen LogP) is 4.04. The van der Waals surface area contributed by atoms with Crippen molar-refractivity contribution in [2.75, 3.05) is 18.1 Å². The van der Waals surface area contributed by atoms with Crippen LogP contribution in [-0.4, -0.2) is 26.2 Å². The SMILES string of the molecule is CCCCCCCCCCNc1ccc(S(C)(=O)=O)nc1. The Morgan fingerprint density at radius 2 is 1.62 bits per heavy atom. The molecule has 0 aliphatic heterocycles. The van der Waals surface area contributed by atoms with Gasteiger partial charge in [0.1, 0.15) is 0 Å². The summed E-state index contributed by atoms with van der Waals surface area (Å²) >= 11 is 0. The minimum atomic E-state index is -3.20. The molecule has 1 aromatic heterocycles. The summed E-state index contributed by atoms with van der Waals surface area (Å²) in [4.78, 5) is 3.96. The molecule has 0 spiro atoms. The summed E-state index contributed by atoms with van der Waals surface area (Å²) in [5, 5.41) is 3.40. The Hall–Kier alpha value is -1.10. The highest BCUT2D eigenvalue weighted by atomic mass is 32.2. The van der Waals surface area contributed by atoms with Crippen LogP contribution in [0.25, 0.3) is 0 Å². The number of nitrogens with one attached hydrogen (secondary N) is 1. The van der Waals surface area contributed by atoms with Crippen LogP contribution in [0.5, 0.6) is 0 Å². The van der Waals surface area contributed by atoms with Gasteiger partial charge in [-0.05, 0) is 18.6 Å². The lowest BCUT2D eigenvalue weighted by atomic mass is 10.1. The zero-order valence-corrected chi connectivity index (χ0v) is 14.1. The van der Waals surface area contributed by atoms with Crippen LogP contribution in [0.4, 0.5) is 5.69 Å². The van der Waals surface area contributed by atoms with E-state index in [1.165, 1.54) is 51.2 Å². The fourth-order valence-corrected chi connectivity index (χ4v) is 2.76. The molecule has 120 valence electrons. The zero-order chi connectivity index (χ0) is 15.6. The average molecular weight is 312 g/mol.